The molecular weight excluding hydrogens is 541 g/mol. The highest BCUT2D eigenvalue weighted by molar-refractivity contribution is 9.10. The molecule has 1 aliphatic heterocycles. The van der Waals surface area contributed by atoms with Crippen LogP contribution in [0.15, 0.2) is 82.4 Å². The van der Waals surface area contributed by atoms with Crippen LogP contribution in [0.3, 0.4) is 0 Å². The number of non-ortho nitro benzene ring substituents is 1. The number of aryl methyl sites for hydroxylation is 1. The van der Waals surface area contributed by atoms with Gasteiger partial charge in [-0.1, -0.05) is 35.9 Å². The van der Waals surface area contributed by atoms with Crippen molar-refractivity contribution in [2.24, 2.45) is 5.10 Å². The molecule has 0 fully saturated rings. The van der Waals surface area contributed by atoms with Crippen LogP contribution in [0.5, 0.6) is 0 Å². The Bertz CT molecular complexity index is 1560. The average Bonchev–Trinajstić information content (AvgIpc) is 3.12. The number of hydrogen-bond acceptors (Lipinski definition) is 4. The molecule has 5 rings (SSSR count). The zero-order valence-electron chi connectivity index (χ0n) is 19.8. The molecule has 4 aromatic rings. The number of nitrogens with zero attached hydrogens (tertiary/aromatic N) is 4. The third kappa shape index (κ3) is 3.94. The molecule has 1 atom stereocenters. The van der Waals surface area contributed by atoms with Crippen LogP contribution in [0.25, 0.3) is 5.69 Å². The first kappa shape index (κ1) is 24.0. The maximum absolute atomic E-state index is 15.1. The van der Waals surface area contributed by atoms with E-state index in [1.165, 1.54) is 16.9 Å². The van der Waals surface area contributed by atoms with Crippen molar-refractivity contribution in [1.82, 2.24) is 4.57 Å². The van der Waals surface area contributed by atoms with Crippen LogP contribution in [-0.2, 0) is 4.57 Å². The van der Waals surface area contributed by atoms with Crippen molar-refractivity contribution in [3.63, 3.8) is 0 Å². The predicted octanol–water partition coefficient (Wildman–Crippen LogP) is 6.86. The molecule has 1 aliphatic rings. The Balaban J connectivity index is 1.72. The highest BCUT2D eigenvalue weighted by Gasteiger charge is 2.42. The van der Waals surface area contributed by atoms with Gasteiger partial charge in [-0.05, 0) is 67.0 Å². The van der Waals surface area contributed by atoms with E-state index in [4.69, 9.17) is 0 Å². The van der Waals surface area contributed by atoms with Crippen molar-refractivity contribution < 1.29 is 9.49 Å². The molecule has 0 amide bonds. The van der Waals surface area contributed by atoms with Crippen molar-refractivity contribution in [2.75, 3.05) is 9.87 Å². The monoisotopic (exact) mass is 563 g/mol. The molecule has 0 radical (unpaired) electrons. The van der Waals surface area contributed by atoms with Gasteiger partial charge in [0, 0.05) is 39.2 Å². The van der Waals surface area contributed by atoms with Crippen molar-refractivity contribution in [1.29, 1.82) is 0 Å². The quantitative estimate of drug-likeness (QED) is 0.163. The summed E-state index contributed by atoms with van der Waals surface area (Å²) < 4.78 is 19.2. The van der Waals surface area contributed by atoms with E-state index < -0.39 is 12.4 Å². The molecule has 0 saturated heterocycles. The van der Waals surface area contributed by atoms with E-state index in [-0.39, 0.29) is 5.69 Å². The minimum atomic E-state index is -3.63. The fourth-order valence-electron chi connectivity index (χ4n) is 4.51. The van der Waals surface area contributed by atoms with Gasteiger partial charge in [-0.2, -0.15) is 9.88 Å². The molecule has 1 aromatic heterocycles. The molecule has 0 saturated carbocycles. The Morgan fingerprint density at radius 2 is 1.64 bits per heavy atom. The molecule has 0 bridgehead atoms. The van der Waals surface area contributed by atoms with Gasteiger partial charge in [-0.3, -0.25) is 14.7 Å². The number of halogens is 1. The van der Waals surface area contributed by atoms with Crippen molar-refractivity contribution in [3.8, 4) is 5.69 Å². The van der Waals surface area contributed by atoms with Crippen molar-refractivity contribution in [3.05, 3.63) is 110 Å². The zero-order chi connectivity index (χ0) is 25.6. The van der Waals surface area contributed by atoms with Gasteiger partial charge in [0.15, 0.2) is 0 Å². The summed E-state index contributed by atoms with van der Waals surface area (Å²) in [7, 11) is -3.63. The molecule has 36 heavy (non-hydrogen) atoms. The Kier molecular flexibility index (Phi) is 6.06. The van der Waals surface area contributed by atoms with Gasteiger partial charge in [0.2, 0.25) is 0 Å². The van der Waals surface area contributed by atoms with E-state index in [1.807, 2.05) is 75.4 Å². The van der Waals surface area contributed by atoms with E-state index in [1.54, 1.807) is 12.3 Å². The van der Waals surface area contributed by atoms with Crippen molar-refractivity contribution in [2.45, 2.75) is 20.8 Å². The summed E-state index contributed by atoms with van der Waals surface area (Å²) >= 11 is 3.41. The van der Waals surface area contributed by atoms with Crippen LogP contribution in [0.4, 0.5) is 17.1 Å². The summed E-state index contributed by atoms with van der Waals surface area (Å²) in [6.45, 7) is 5.98. The van der Waals surface area contributed by atoms with Gasteiger partial charge in [0.05, 0.1) is 27.8 Å². The lowest BCUT2D eigenvalue weighted by atomic mass is 10.2. The first-order valence-corrected chi connectivity index (χ1v) is 13.7. The van der Waals surface area contributed by atoms with E-state index in [0.717, 1.165) is 28.2 Å². The highest BCUT2D eigenvalue weighted by Crippen LogP contribution is 2.55. The van der Waals surface area contributed by atoms with E-state index >= 15 is 4.57 Å². The molecule has 1 unspecified atom stereocenters. The molecule has 0 spiro atoms. The van der Waals surface area contributed by atoms with Crippen LogP contribution in [0, 0.1) is 30.9 Å². The van der Waals surface area contributed by atoms with Crippen LogP contribution >= 0.6 is 23.4 Å². The predicted molar refractivity (Wildman–Crippen MR) is 148 cm³/mol. The first-order chi connectivity index (χ1) is 17.2. The summed E-state index contributed by atoms with van der Waals surface area (Å²) in [6.07, 6.45) is 1.75. The minimum Gasteiger partial charge on any atom is -0.317 e. The van der Waals surface area contributed by atoms with Gasteiger partial charge in [-0.15, -0.1) is 0 Å². The molecule has 2 heterocycles. The second kappa shape index (κ2) is 9.08. The summed E-state index contributed by atoms with van der Waals surface area (Å²) in [5.74, 6) is 0. The van der Waals surface area contributed by atoms with Crippen molar-refractivity contribution >= 4 is 52.0 Å². The normalized spacial score (nSPS) is 16.6. The van der Waals surface area contributed by atoms with Crippen LogP contribution in [0.1, 0.15) is 22.5 Å². The third-order valence-corrected chi connectivity index (χ3v) is 9.48. The topological polar surface area (TPSA) is 92.8 Å². The zero-order valence-corrected chi connectivity index (χ0v) is 22.3. The molecule has 182 valence electrons. The maximum atomic E-state index is 15.1. The van der Waals surface area contributed by atoms with Gasteiger partial charge >= 0.3 is 7.44 Å². The lowest BCUT2D eigenvalue weighted by molar-refractivity contribution is -0.384. The number of fused-ring (bicyclic) bond motifs is 1. The number of hydrogen-bond donors (Lipinski definition) is 1. The molecule has 3 aromatic carbocycles. The van der Waals surface area contributed by atoms with E-state index in [9.17, 15) is 10.1 Å². The number of anilines is 2. The second-order valence-corrected chi connectivity index (χ2v) is 11.6. The van der Waals surface area contributed by atoms with Crippen LogP contribution in [-0.4, -0.2) is 15.7 Å². The number of nitrogens with one attached hydrogen (secondary N) is 1. The van der Waals surface area contributed by atoms with Crippen LogP contribution < -0.4 is 15.2 Å². The Labute approximate surface area is 217 Å². The van der Waals surface area contributed by atoms with Crippen LogP contribution in [0.2, 0.25) is 0 Å². The fourth-order valence-corrected chi connectivity index (χ4v) is 7.78. The Hall–Kier alpha value is -3.68. The molecule has 10 heteroatoms. The summed E-state index contributed by atoms with van der Waals surface area (Å²) in [4.78, 5) is 10.8. The summed E-state index contributed by atoms with van der Waals surface area (Å²) in [5.41, 5.74) is 5.71. The Morgan fingerprint density at radius 1 is 0.944 bits per heavy atom. The number of nitro groups is 1. The first-order valence-electron chi connectivity index (χ1n) is 11.2. The van der Waals surface area contributed by atoms with Gasteiger partial charge in [-0.25, -0.2) is 0 Å². The average molecular weight is 564 g/mol. The third-order valence-electron chi connectivity index (χ3n) is 6.24. The second-order valence-electron chi connectivity index (χ2n) is 8.58. The fraction of sp³-hybridized carbons (Fsp3) is 0.115. The minimum absolute atomic E-state index is 0.0643. The number of aromatic nitrogens is 1. The maximum Gasteiger partial charge on any atom is 0.312 e. The summed E-state index contributed by atoms with van der Waals surface area (Å²) in [6, 6.07) is 21.8. The van der Waals surface area contributed by atoms with E-state index in [0.29, 0.717) is 21.2 Å². The smallest absolute Gasteiger partial charge is 0.312 e. The van der Waals surface area contributed by atoms with E-state index in [2.05, 4.69) is 30.7 Å². The number of nitro benzene ring substituents is 1. The van der Waals surface area contributed by atoms with Gasteiger partial charge in [0.1, 0.15) is 0 Å². The highest BCUT2D eigenvalue weighted by atomic mass is 79.9. The standard InChI is InChI=1S/C26H23BrN5O3P/c1-17-9-11-20(12-10-17)30-18(2)23-16-28-31(21-7-5-4-6-8-21)36(35,26(23)19(30)3)29-25-14-13-22(32(33)34)15-24(25)27/h4-16H,1-3H3,(H,29,35). The lowest BCUT2D eigenvalue weighted by Crippen LogP contribution is -2.32. The number of hydrazone groups is 1. The number of rotatable bonds is 5. The molecule has 0 aliphatic carbocycles. The molecule has 8 nitrogen and oxygen atoms in total. The summed E-state index contributed by atoms with van der Waals surface area (Å²) in [5, 5.41) is 19.7. The molecular formula is C26H23BrN5O3P. The number of para-hydroxylation sites is 1. The molecule has 1 N–H and O–H groups in total. The SMILES string of the molecule is Cc1ccc(-n2c(C)c3c(c2C)P(=O)(Nc2ccc([N+](=O)[O-])cc2Br)N(c2ccccc2)N=C3)cc1. The number of benzene rings is 3. The van der Waals surface area contributed by atoms with Gasteiger partial charge in [0.25, 0.3) is 5.69 Å². The largest absolute Gasteiger partial charge is 0.317 e. The van der Waals surface area contributed by atoms with Gasteiger partial charge < -0.3 is 9.65 Å². The Morgan fingerprint density at radius 3 is 2.28 bits per heavy atom. The lowest BCUT2D eigenvalue weighted by Gasteiger charge is -2.33.